The molecule has 6 nitrogen and oxygen atoms in total. The Morgan fingerprint density at radius 2 is 1.80 bits per heavy atom. The minimum Gasteiger partial charge on any atom is -0.376 e. The number of benzene rings is 1. The first kappa shape index (κ1) is 20.6. The van der Waals surface area contributed by atoms with Gasteiger partial charge in [0.15, 0.2) is 5.78 Å². The third-order valence-electron chi connectivity index (χ3n) is 6.03. The fourth-order valence-corrected chi connectivity index (χ4v) is 4.14. The lowest BCUT2D eigenvalue weighted by Crippen LogP contribution is -2.50. The average molecular weight is 413 g/mol. The van der Waals surface area contributed by atoms with Crippen molar-refractivity contribution in [3.8, 4) is 0 Å². The van der Waals surface area contributed by atoms with E-state index in [0.717, 1.165) is 44.7 Å². The van der Waals surface area contributed by atoms with Crippen LogP contribution in [-0.2, 0) is 11.3 Å². The summed E-state index contributed by atoms with van der Waals surface area (Å²) in [6, 6.07) is 4.75. The van der Waals surface area contributed by atoms with E-state index in [1.165, 1.54) is 6.07 Å². The molecule has 3 aliphatic rings. The number of hydrogen-bond acceptors (Lipinski definition) is 5. The molecule has 0 radical (unpaired) electrons. The van der Waals surface area contributed by atoms with Gasteiger partial charge >= 0.3 is 0 Å². The van der Waals surface area contributed by atoms with Crippen molar-refractivity contribution in [3.63, 3.8) is 0 Å². The number of halogens is 1. The number of nitrogens with zero attached hydrogens (tertiary/aromatic N) is 4. The molecule has 7 heteroatoms. The summed E-state index contributed by atoms with van der Waals surface area (Å²) in [7, 11) is 0. The molecule has 0 aromatic heterocycles. The van der Waals surface area contributed by atoms with Crippen LogP contribution in [0.25, 0.3) is 0 Å². The molecule has 0 saturated carbocycles. The normalized spacial score (nSPS) is 19.8. The van der Waals surface area contributed by atoms with Gasteiger partial charge in [-0.1, -0.05) is 12.1 Å². The van der Waals surface area contributed by atoms with Crippen LogP contribution in [0.1, 0.15) is 28.8 Å². The molecular formula is C23H29FN4O2. The minimum absolute atomic E-state index is 0.122. The molecule has 1 amide bonds. The number of rotatable bonds is 6. The zero-order valence-corrected chi connectivity index (χ0v) is 17.3. The van der Waals surface area contributed by atoms with Gasteiger partial charge in [0.05, 0.1) is 5.56 Å². The number of piperazine rings is 1. The van der Waals surface area contributed by atoms with E-state index in [2.05, 4.69) is 22.1 Å². The Kier molecular flexibility index (Phi) is 6.47. The molecule has 1 aromatic rings. The van der Waals surface area contributed by atoms with Gasteiger partial charge in [0.1, 0.15) is 5.82 Å². The van der Waals surface area contributed by atoms with Crippen LogP contribution in [0.2, 0.25) is 0 Å². The van der Waals surface area contributed by atoms with Gasteiger partial charge in [-0.05, 0) is 36.4 Å². The molecule has 0 unspecified atom stereocenters. The first-order valence-corrected chi connectivity index (χ1v) is 10.7. The number of allylic oxidation sites excluding steroid dienone is 1. The summed E-state index contributed by atoms with van der Waals surface area (Å²) in [6.45, 7) is 7.17. The van der Waals surface area contributed by atoms with Gasteiger partial charge in [-0.2, -0.15) is 0 Å². The molecule has 30 heavy (non-hydrogen) atoms. The van der Waals surface area contributed by atoms with Crippen LogP contribution < -0.4 is 0 Å². The number of ketones is 1. The molecule has 0 spiro atoms. The Morgan fingerprint density at radius 1 is 0.967 bits per heavy atom. The van der Waals surface area contributed by atoms with Crippen LogP contribution in [-0.4, -0.2) is 83.6 Å². The van der Waals surface area contributed by atoms with Crippen molar-refractivity contribution in [1.29, 1.82) is 0 Å². The van der Waals surface area contributed by atoms with E-state index < -0.39 is 5.82 Å². The molecule has 160 valence electrons. The molecule has 3 aliphatic heterocycles. The monoisotopic (exact) mass is 412 g/mol. The summed E-state index contributed by atoms with van der Waals surface area (Å²) in [5, 5.41) is 0. The third-order valence-corrected chi connectivity index (χ3v) is 6.03. The highest BCUT2D eigenvalue weighted by Crippen LogP contribution is 2.17. The molecule has 1 fully saturated rings. The Balaban J connectivity index is 1.32. The summed E-state index contributed by atoms with van der Waals surface area (Å²) < 4.78 is 14.4. The van der Waals surface area contributed by atoms with Crippen molar-refractivity contribution in [1.82, 2.24) is 19.6 Å². The average Bonchev–Trinajstić information content (AvgIpc) is 3.29. The summed E-state index contributed by atoms with van der Waals surface area (Å²) in [5.41, 5.74) is 1.01. The lowest BCUT2D eigenvalue weighted by Gasteiger charge is -2.35. The van der Waals surface area contributed by atoms with Gasteiger partial charge < -0.3 is 14.7 Å². The van der Waals surface area contributed by atoms with Gasteiger partial charge in [-0.3, -0.25) is 14.5 Å². The topological polar surface area (TPSA) is 47.1 Å². The number of amides is 1. The molecule has 0 bridgehead atoms. The molecule has 1 aromatic carbocycles. The highest BCUT2D eigenvalue weighted by atomic mass is 19.1. The zero-order valence-electron chi connectivity index (χ0n) is 17.3. The maximum absolute atomic E-state index is 14.4. The van der Waals surface area contributed by atoms with Crippen LogP contribution in [0.5, 0.6) is 0 Å². The molecule has 1 saturated heterocycles. The second-order valence-electron chi connectivity index (χ2n) is 8.16. The molecular weight excluding hydrogens is 383 g/mol. The van der Waals surface area contributed by atoms with E-state index in [9.17, 15) is 14.0 Å². The number of carbonyl (C=O) groups is 2. The van der Waals surface area contributed by atoms with E-state index >= 15 is 0 Å². The molecule has 0 aliphatic carbocycles. The van der Waals surface area contributed by atoms with Gasteiger partial charge in [0, 0.05) is 71.5 Å². The Bertz CT molecular complexity index is 846. The van der Waals surface area contributed by atoms with Gasteiger partial charge in [0.2, 0.25) is 0 Å². The summed E-state index contributed by atoms with van der Waals surface area (Å²) in [4.78, 5) is 32.8. The van der Waals surface area contributed by atoms with Crippen molar-refractivity contribution in [2.45, 2.75) is 19.4 Å². The second-order valence-corrected chi connectivity index (χ2v) is 8.16. The van der Waals surface area contributed by atoms with Crippen molar-refractivity contribution in [2.24, 2.45) is 0 Å². The van der Waals surface area contributed by atoms with E-state index in [1.807, 2.05) is 4.90 Å². The van der Waals surface area contributed by atoms with Gasteiger partial charge in [0.25, 0.3) is 5.91 Å². The summed E-state index contributed by atoms with van der Waals surface area (Å²) in [5.74, 6) is -0.588. The van der Waals surface area contributed by atoms with Crippen LogP contribution in [0.15, 0.2) is 42.8 Å². The quantitative estimate of drug-likeness (QED) is 0.716. The first-order valence-electron chi connectivity index (χ1n) is 10.7. The molecule has 0 atom stereocenters. The van der Waals surface area contributed by atoms with E-state index in [4.69, 9.17) is 0 Å². The smallest absolute Gasteiger partial charge is 0.256 e. The van der Waals surface area contributed by atoms with Gasteiger partial charge in [-0.15, -0.1) is 0 Å². The summed E-state index contributed by atoms with van der Waals surface area (Å²) >= 11 is 0. The zero-order chi connectivity index (χ0) is 20.9. The highest BCUT2D eigenvalue weighted by Gasteiger charge is 2.25. The highest BCUT2D eigenvalue weighted by molar-refractivity contribution is 5.94. The lowest BCUT2D eigenvalue weighted by atomic mass is 10.1. The van der Waals surface area contributed by atoms with Crippen LogP contribution in [0.3, 0.4) is 0 Å². The van der Waals surface area contributed by atoms with Crippen LogP contribution >= 0.6 is 0 Å². The molecule has 0 N–H and O–H groups in total. The standard InChI is InChI=1S/C23H29FN4O2/c24-22-4-3-19(18-27-9-5-20(29)6-10-27)17-21(22)23(30)28-15-13-26(14-16-28)12-11-25-7-1-2-8-25/h1,3-5,7,9,17H,2,6,8,10-16,18H2. The predicted molar refractivity (Wildman–Crippen MR) is 113 cm³/mol. The summed E-state index contributed by atoms with van der Waals surface area (Å²) in [6.07, 6.45) is 9.31. The number of hydrogen-bond donors (Lipinski definition) is 0. The molecule has 4 rings (SSSR count). The lowest BCUT2D eigenvalue weighted by molar-refractivity contribution is -0.115. The van der Waals surface area contributed by atoms with E-state index in [-0.39, 0.29) is 17.3 Å². The third kappa shape index (κ3) is 5.08. The predicted octanol–water partition coefficient (Wildman–Crippen LogP) is 2.09. The fraction of sp³-hybridized carbons (Fsp3) is 0.478. The SMILES string of the molecule is O=C1C=CN(Cc2ccc(F)c(C(=O)N3CCN(CCN4C=CCC4)CC3)c2)CC1. The van der Waals surface area contributed by atoms with Crippen LogP contribution in [0.4, 0.5) is 4.39 Å². The maximum atomic E-state index is 14.4. The van der Waals surface area contributed by atoms with E-state index in [0.29, 0.717) is 32.6 Å². The largest absolute Gasteiger partial charge is 0.376 e. The van der Waals surface area contributed by atoms with Crippen LogP contribution in [0, 0.1) is 5.82 Å². The van der Waals surface area contributed by atoms with Crippen molar-refractivity contribution in [2.75, 3.05) is 52.4 Å². The fourth-order valence-electron chi connectivity index (χ4n) is 4.14. The number of carbonyl (C=O) groups excluding carboxylic acids is 2. The first-order chi connectivity index (χ1) is 14.6. The second kappa shape index (κ2) is 9.43. The van der Waals surface area contributed by atoms with Crippen molar-refractivity contribution < 1.29 is 14.0 Å². The van der Waals surface area contributed by atoms with Crippen molar-refractivity contribution in [3.05, 3.63) is 59.7 Å². The van der Waals surface area contributed by atoms with E-state index in [1.54, 1.807) is 29.3 Å². The Hall–Kier alpha value is -2.67. The maximum Gasteiger partial charge on any atom is 0.256 e. The van der Waals surface area contributed by atoms with Gasteiger partial charge in [-0.25, -0.2) is 4.39 Å². The minimum atomic E-state index is -0.476. The van der Waals surface area contributed by atoms with Crippen molar-refractivity contribution >= 4 is 11.7 Å². The molecule has 3 heterocycles. The Morgan fingerprint density at radius 3 is 2.50 bits per heavy atom. The Labute approximate surface area is 177 Å².